The summed E-state index contributed by atoms with van der Waals surface area (Å²) in [4.78, 5) is 21.8. The van der Waals surface area contributed by atoms with Crippen LogP contribution < -0.4 is 10.6 Å². The molecule has 0 aromatic carbocycles. The molecular weight excluding hydrogens is 244 g/mol. The third-order valence-electron chi connectivity index (χ3n) is 4.00. The SMILES string of the molecule is CCC1CCC(CNCC(NC(C)=O)C(=O)O)CC1. The quantitative estimate of drug-likeness (QED) is 0.653. The number of carbonyl (C=O) groups is 2. The number of nitrogens with one attached hydrogen (secondary N) is 2. The molecule has 1 atom stereocenters. The Bertz CT molecular complexity index is 299. The van der Waals surface area contributed by atoms with Crippen LogP contribution in [0.3, 0.4) is 0 Å². The molecule has 0 radical (unpaired) electrons. The van der Waals surface area contributed by atoms with Crippen LogP contribution in [0.2, 0.25) is 0 Å². The van der Waals surface area contributed by atoms with Crippen LogP contribution in [0.1, 0.15) is 46.0 Å². The molecule has 1 rings (SSSR count). The maximum Gasteiger partial charge on any atom is 0.327 e. The van der Waals surface area contributed by atoms with E-state index < -0.39 is 12.0 Å². The summed E-state index contributed by atoms with van der Waals surface area (Å²) in [6.07, 6.45) is 6.30. The Morgan fingerprint density at radius 2 is 1.79 bits per heavy atom. The highest BCUT2D eigenvalue weighted by Crippen LogP contribution is 2.29. The smallest absolute Gasteiger partial charge is 0.327 e. The summed E-state index contributed by atoms with van der Waals surface area (Å²) in [6, 6.07) is -0.829. The Labute approximate surface area is 115 Å². The van der Waals surface area contributed by atoms with Gasteiger partial charge in [0, 0.05) is 13.5 Å². The fraction of sp³-hybridized carbons (Fsp3) is 0.857. The monoisotopic (exact) mass is 270 g/mol. The molecule has 0 spiro atoms. The minimum atomic E-state index is -0.989. The maximum absolute atomic E-state index is 10.9. The molecule has 1 amide bonds. The molecule has 1 fully saturated rings. The molecule has 5 heteroatoms. The molecule has 0 aromatic rings. The summed E-state index contributed by atoms with van der Waals surface area (Å²) in [7, 11) is 0. The van der Waals surface area contributed by atoms with Gasteiger partial charge < -0.3 is 15.7 Å². The largest absolute Gasteiger partial charge is 0.480 e. The Hall–Kier alpha value is -1.10. The van der Waals surface area contributed by atoms with E-state index in [0.717, 1.165) is 12.5 Å². The van der Waals surface area contributed by atoms with Crippen LogP contribution in [0.15, 0.2) is 0 Å². The average Bonchev–Trinajstić information content (AvgIpc) is 2.37. The van der Waals surface area contributed by atoms with Crippen molar-refractivity contribution in [3.63, 3.8) is 0 Å². The molecule has 1 saturated carbocycles. The first kappa shape index (κ1) is 16.0. The molecule has 0 aliphatic heterocycles. The van der Waals surface area contributed by atoms with Gasteiger partial charge in [-0.25, -0.2) is 4.79 Å². The summed E-state index contributed by atoms with van der Waals surface area (Å²) in [6.45, 7) is 4.72. The highest BCUT2D eigenvalue weighted by atomic mass is 16.4. The lowest BCUT2D eigenvalue weighted by Crippen LogP contribution is -2.47. The highest BCUT2D eigenvalue weighted by Gasteiger charge is 2.21. The van der Waals surface area contributed by atoms with Crippen molar-refractivity contribution >= 4 is 11.9 Å². The molecule has 1 unspecified atom stereocenters. The second kappa shape index (κ2) is 8.15. The first-order valence-corrected chi connectivity index (χ1v) is 7.23. The number of carboxylic acids is 1. The Kier molecular flexibility index (Phi) is 6.84. The molecule has 1 aliphatic rings. The van der Waals surface area contributed by atoms with Crippen LogP contribution in [-0.2, 0) is 9.59 Å². The van der Waals surface area contributed by atoms with E-state index in [2.05, 4.69) is 17.6 Å². The molecule has 0 saturated heterocycles. The highest BCUT2D eigenvalue weighted by molar-refractivity contribution is 5.82. The van der Waals surface area contributed by atoms with Crippen LogP contribution >= 0.6 is 0 Å². The van der Waals surface area contributed by atoms with Gasteiger partial charge in [0.2, 0.25) is 5.91 Å². The zero-order valence-corrected chi connectivity index (χ0v) is 11.9. The minimum Gasteiger partial charge on any atom is -0.480 e. The number of carbonyl (C=O) groups excluding carboxylic acids is 1. The Balaban J connectivity index is 2.21. The van der Waals surface area contributed by atoms with Gasteiger partial charge in [-0.05, 0) is 31.2 Å². The summed E-state index contributed by atoms with van der Waals surface area (Å²) in [5.41, 5.74) is 0. The van der Waals surface area contributed by atoms with Crippen molar-refractivity contribution in [2.45, 2.75) is 52.0 Å². The minimum absolute atomic E-state index is 0.294. The van der Waals surface area contributed by atoms with Crippen LogP contribution in [-0.4, -0.2) is 36.1 Å². The van der Waals surface area contributed by atoms with Gasteiger partial charge in [0.1, 0.15) is 6.04 Å². The van der Waals surface area contributed by atoms with Gasteiger partial charge in [-0.15, -0.1) is 0 Å². The summed E-state index contributed by atoms with van der Waals surface area (Å²) in [5.74, 6) is 0.229. The molecule has 19 heavy (non-hydrogen) atoms. The van der Waals surface area contributed by atoms with Gasteiger partial charge in [-0.1, -0.05) is 26.2 Å². The summed E-state index contributed by atoms with van der Waals surface area (Å²) < 4.78 is 0. The standard InChI is InChI=1S/C14H26N2O3/c1-3-11-4-6-12(7-5-11)8-15-9-13(14(18)19)16-10(2)17/h11-13,15H,3-9H2,1-2H3,(H,16,17)(H,18,19). The molecule has 0 bridgehead atoms. The molecule has 110 valence electrons. The number of hydrogen-bond acceptors (Lipinski definition) is 3. The second-order valence-corrected chi connectivity index (χ2v) is 5.54. The van der Waals surface area contributed by atoms with Gasteiger partial charge in [-0.3, -0.25) is 4.79 Å². The van der Waals surface area contributed by atoms with Crippen LogP contribution in [0, 0.1) is 11.8 Å². The van der Waals surface area contributed by atoms with E-state index >= 15 is 0 Å². The summed E-state index contributed by atoms with van der Waals surface area (Å²) >= 11 is 0. The van der Waals surface area contributed by atoms with Gasteiger partial charge in [-0.2, -0.15) is 0 Å². The molecule has 5 nitrogen and oxygen atoms in total. The van der Waals surface area contributed by atoms with Gasteiger partial charge in [0.25, 0.3) is 0 Å². The fourth-order valence-corrected chi connectivity index (χ4v) is 2.72. The number of hydrogen-bond donors (Lipinski definition) is 3. The number of amides is 1. The lowest BCUT2D eigenvalue weighted by Gasteiger charge is -2.28. The van der Waals surface area contributed by atoms with E-state index in [0.29, 0.717) is 12.5 Å². The third-order valence-corrected chi connectivity index (χ3v) is 4.00. The first-order valence-electron chi connectivity index (χ1n) is 7.23. The van der Waals surface area contributed by atoms with E-state index in [1.165, 1.54) is 39.0 Å². The second-order valence-electron chi connectivity index (χ2n) is 5.54. The fourth-order valence-electron chi connectivity index (χ4n) is 2.72. The van der Waals surface area contributed by atoms with Gasteiger partial charge in [0.05, 0.1) is 0 Å². The van der Waals surface area contributed by atoms with Crippen molar-refractivity contribution in [3.8, 4) is 0 Å². The number of rotatable bonds is 7. The van der Waals surface area contributed by atoms with E-state index in [1.54, 1.807) is 0 Å². The van der Waals surface area contributed by atoms with Crippen LogP contribution in [0.25, 0.3) is 0 Å². The summed E-state index contributed by atoms with van der Waals surface area (Å²) in [5, 5.41) is 14.6. The van der Waals surface area contributed by atoms with Crippen molar-refractivity contribution in [2.75, 3.05) is 13.1 Å². The predicted octanol–water partition coefficient (Wildman–Crippen LogP) is 1.38. The van der Waals surface area contributed by atoms with E-state index in [1.807, 2.05) is 0 Å². The van der Waals surface area contributed by atoms with Crippen molar-refractivity contribution in [2.24, 2.45) is 11.8 Å². The van der Waals surface area contributed by atoms with E-state index in [4.69, 9.17) is 5.11 Å². The van der Waals surface area contributed by atoms with Gasteiger partial charge in [0.15, 0.2) is 0 Å². The predicted molar refractivity (Wildman–Crippen MR) is 73.8 cm³/mol. The number of aliphatic carboxylic acids is 1. The Morgan fingerprint density at radius 1 is 1.21 bits per heavy atom. The van der Waals surface area contributed by atoms with Crippen molar-refractivity contribution in [3.05, 3.63) is 0 Å². The third kappa shape index (κ3) is 6.05. The number of carboxylic acid groups (broad SMARTS) is 1. The van der Waals surface area contributed by atoms with Crippen LogP contribution in [0.4, 0.5) is 0 Å². The normalized spacial score (nSPS) is 24.7. The Morgan fingerprint density at radius 3 is 2.26 bits per heavy atom. The van der Waals surface area contributed by atoms with Gasteiger partial charge >= 0.3 is 5.97 Å². The molecule has 3 N–H and O–H groups in total. The first-order chi connectivity index (χ1) is 9.02. The lowest BCUT2D eigenvalue weighted by molar-refractivity contribution is -0.141. The molecular formula is C14H26N2O3. The van der Waals surface area contributed by atoms with E-state index in [-0.39, 0.29) is 5.91 Å². The molecule has 0 heterocycles. The van der Waals surface area contributed by atoms with Crippen molar-refractivity contribution in [1.82, 2.24) is 10.6 Å². The maximum atomic E-state index is 10.9. The average molecular weight is 270 g/mol. The van der Waals surface area contributed by atoms with Crippen molar-refractivity contribution < 1.29 is 14.7 Å². The molecule has 1 aliphatic carbocycles. The zero-order chi connectivity index (χ0) is 14.3. The van der Waals surface area contributed by atoms with E-state index in [9.17, 15) is 9.59 Å². The lowest BCUT2D eigenvalue weighted by atomic mass is 9.81. The molecule has 0 aromatic heterocycles. The van der Waals surface area contributed by atoms with Crippen molar-refractivity contribution in [1.29, 1.82) is 0 Å². The topological polar surface area (TPSA) is 78.4 Å². The zero-order valence-electron chi connectivity index (χ0n) is 11.9. The van der Waals surface area contributed by atoms with Crippen LogP contribution in [0.5, 0.6) is 0 Å².